The van der Waals surface area contributed by atoms with Gasteiger partial charge in [-0.2, -0.15) is 0 Å². The number of anilines is 1. The fraction of sp³-hybridized carbons (Fsp3) is 0.300. The Bertz CT molecular complexity index is 881. The molecule has 6 heteroatoms. The van der Waals surface area contributed by atoms with E-state index in [1.165, 1.54) is 0 Å². The van der Waals surface area contributed by atoms with Crippen LogP contribution in [0.5, 0.6) is 0 Å². The topological polar surface area (TPSA) is 51.2 Å². The maximum absolute atomic E-state index is 12.3. The molecule has 0 unspecified atom stereocenters. The molecule has 0 radical (unpaired) electrons. The van der Waals surface area contributed by atoms with Crippen molar-refractivity contribution < 1.29 is 9.53 Å². The average Bonchev–Trinajstić information content (AvgIpc) is 2.88. The van der Waals surface area contributed by atoms with E-state index >= 15 is 0 Å². The molecule has 1 aliphatic carbocycles. The van der Waals surface area contributed by atoms with E-state index in [1.807, 2.05) is 57.2 Å². The maximum atomic E-state index is 12.3. The third kappa shape index (κ3) is 4.96. The van der Waals surface area contributed by atoms with Gasteiger partial charge in [0, 0.05) is 6.42 Å². The van der Waals surface area contributed by atoms with E-state index < -0.39 is 0 Å². The van der Waals surface area contributed by atoms with Crippen LogP contribution >= 0.6 is 22.9 Å². The molecular weight excluding hydrogens is 368 g/mol. The fourth-order valence-electron chi connectivity index (χ4n) is 2.48. The van der Waals surface area contributed by atoms with Gasteiger partial charge in [0.25, 0.3) is 0 Å². The Morgan fingerprint density at radius 1 is 1.38 bits per heavy atom. The van der Waals surface area contributed by atoms with E-state index in [-0.39, 0.29) is 12.3 Å². The number of ether oxygens (including phenoxy) is 1. The lowest BCUT2D eigenvalue weighted by atomic mass is 10.1. The molecule has 0 spiro atoms. The molecule has 0 bridgehead atoms. The van der Waals surface area contributed by atoms with Crippen LogP contribution in [0.1, 0.15) is 31.7 Å². The Labute approximate surface area is 163 Å². The molecule has 1 aromatic carbocycles. The highest BCUT2D eigenvalue weighted by Crippen LogP contribution is 2.33. The number of amides is 1. The number of fused-ring (bicyclic) bond motifs is 1. The molecule has 0 saturated carbocycles. The van der Waals surface area contributed by atoms with E-state index in [0.29, 0.717) is 17.1 Å². The number of nitrogens with one attached hydrogen (secondary N) is 1. The monoisotopic (exact) mass is 390 g/mol. The summed E-state index contributed by atoms with van der Waals surface area (Å²) in [5.74, 6) is 0.758. The van der Waals surface area contributed by atoms with Gasteiger partial charge in [-0.15, -0.1) is 11.3 Å². The van der Waals surface area contributed by atoms with Crippen molar-refractivity contribution in [2.45, 2.75) is 33.6 Å². The van der Waals surface area contributed by atoms with Crippen LogP contribution in [0.15, 0.2) is 47.8 Å². The number of rotatable bonds is 4. The molecule has 1 N–H and O–H groups in total. The molecule has 1 aromatic heterocycles. The molecule has 0 atom stereocenters. The summed E-state index contributed by atoms with van der Waals surface area (Å²) >= 11 is 7.96. The number of aryl methyl sites for hydroxylation is 1. The minimum absolute atomic E-state index is 0.111. The van der Waals surface area contributed by atoms with E-state index in [1.54, 1.807) is 18.4 Å². The molecule has 1 amide bonds. The van der Waals surface area contributed by atoms with Crippen LogP contribution in [0.4, 0.5) is 5.69 Å². The third-order valence-electron chi connectivity index (χ3n) is 3.66. The number of hydrogen-bond acceptors (Lipinski definition) is 4. The zero-order valence-electron chi connectivity index (χ0n) is 15.4. The van der Waals surface area contributed by atoms with Gasteiger partial charge in [-0.1, -0.05) is 43.7 Å². The largest absolute Gasteiger partial charge is 0.501 e. The minimum atomic E-state index is -0.111. The standard InChI is InChI=1S/C18H17ClN2O2S.C2H6/c1-11-20-18-15(24-11)9-8-14(17(18)19)21-16(22)10-12-4-3-5-13(23-2)7-6-12;1-2/h3-6,8-9H,7,10H2,1-2H3,(H,21,22);1-2H3. The SMILES string of the molecule is CC.COC1=CC=CC(CC(=O)Nc2ccc3sc(C)nc3c2Cl)=CC1. The van der Waals surface area contributed by atoms with Crippen molar-refractivity contribution in [2.75, 3.05) is 12.4 Å². The van der Waals surface area contributed by atoms with Crippen LogP contribution in [-0.4, -0.2) is 18.0 Å². The van der Waals surface area contributed by atoms with Crippen LogP contribution in [0.25, 0.3) is 10.2 Å². The van der Waals surface area contributed by atoms with Gasteiger partial charge in [0.05, 0.1) is 39.7 Å². The Balaban J connectivity index is 0.00000117. The van der Waals surface area contributed by atoms with Crippen molar-refractivity contribution in [3.05, 3.63) is 57.8 Å². The molecule has 4 nitrogen and oxygen atoms in total. The van der Waals surface area contributed by atoms with Crippen molar-refractivity contribution >= 4 is 44.7 Å². The number of carbonyl (C=O) groups is 1. The van der Waals surface area contributed by atoms with Crippen LogP contribution in [0, 0.1) is 6.92 Å². The van der Waals surface area contributed by atoms with Crippen LogP contribution in [0.2, 0.25) is 5.02 Å². The van der Waals surface area contributed by atoms with E-state index in [2.05, 4.69) is 10.3 Å². The lowest BCUT2D eigenvalue weighted by molar-refractivity contribution is -0.115. The van der Waals surface area contributed by atoms with Crippen molar-refractivity contribution in [1.82, 2.24) is 4.98 Å². The lowest BCUT2D eigenvalue weighted by Crippen LogP contribution is -2.12. The second-order valence-corrected chi connectivity index (χ2v) is 7.02. The summed E-state index contributed by atoms with van der Waals surface area (Å²) in [6, 6.07) is 3.75. The highest BCUT2D eigenvalue weighted by molar-refractivity contribution is 7.18. The van der Waals surface area contributed by atoms with Gasteiger partial charge < -0.3 is 10.1 Å². The Kier molecular flexibility index (Phi) is 7.42. The summed E-state index contributed by atoms with van der Waals surface area (Å²) in [4.78, 5) is 16.7. The number of allylic oxidation sites excluding steroid dienone is 4. The number of methoxy groups -OCH3 is 1. The first-order valence-electron chi connectivity index (χ1n) is 8.52. The first-order chi connectivity index (χ1) is 12.6. The van der Waals surface area contributed by atoms with Gasteiger partial charge >= 0.3 is 0 Å². The zero-order chi connectivity index (χ0) is 19.1. The molecule has 0 saturated heterocycles. The molecule has 0 aliphatic heterocycles. The number of carbonyl (C=O) groups excluding carboxylic acids is 1. The van der Waals surface area contributed by atoms with E-state index in [9.17, 15) is 4.79 Å². The van der Waals surface area contributed by atoms with Gasteiger partial charge in [0.2, 0.25) is 5.91 Å². The second-order valence-electron chi connectivity index (χ2n) is 5.41. The fourth-order valence-corrected chi connectivity index (χ4v) is 3.62. The van der Waals surface area contributed by atoms with Crippen LogP contribution in [0.3, 0.4) is 0 Å². The van der Waals surface area contributed by atoms with E-state index in [0.717, 1.165) is 26.6 Å². The summed E-state index contributed by atoms with van der Waals surface area (Å²) in [6.07, 6.45) is 8.66. The smallest absolute Gasteiger partial charge is 0.228 e. The number of thiazole rings is 1. The predicted molar refractivity (Wildman–Crippen MR) is 111 cm³/mol. The number of nitrogens with zero attached hydrogens (tertiary/aromatic N) is 1. The number of halogens is 1. The minimum Gasteiger partial charge on any atom is -0.501 e. The molecule has 26 heavy (non-hydrogen) atoms. The Hall–Kier alpha value is -2.11. The number of hydrogen-bond donors (Lipinski definition) is 1. The summed E-state index contributed by atoms with van der Waals surface area (Å²) in [5, 5.41) is 4.31. The van der Waals surface area contributed by atoms with Crippen LogP contribution in [-0.2, 0) is 9.53 Å². The number of benzene rings is 1. The highest BCUT2D eigenvalue weighted by Gasteiger charge is 2.13. The molecular formula is C20H23ClN2O2S. The van der Waals surface area contributed by atoms with Crippen molar-refractivity contribution in [3.63, 3.8) is 0 Å². The van der Waals surface area contributed by atoms with Gasteiger partial charge in [0.15, 0.2) is 0 Å². The molecule has 3 rings (SSSR count). The molecule has 0 fully saturated rings. The summed E-state index contributed by atoms with van der Waals surface area (Å²) in [6.45, 7) is 5.94. The summed E-state index contributed by atoms with van der Waals surface area (Å²) in [7, 11) is 1.64. The van der Waals surface area contributed by atoms with Gasteiger partial charge in [-0.05, 0) is 30.7 Å². The van der Waals surface area contributed by atoms with E-state index in [4.69, 9.17) is 16.3 Å². The highest BCUT2D eigenvalue weighted by atomic mass is 35.5. The first-order valence-corrected chi connectivity index (χ1v) is 9.72. The van der Waals surface area contributed by atoms with Crippen LogP contribution < -0.4 is 5.32 Å². The van der Waals surface area contributed by atoms with Gasteiger partial charge in [-0.25, -0.2) is 4.98 Å². The predicted octanol–water partition coefficient (Wildman–Crippen LogP) is 6.03. The van der Waals surface area contributed by atoms with Crippen molar-refractivity contribution in [2.24, 2.45) is 0 Å². The van der Waals surface area contributed by atoms with Crippen molar-refractivity contribution in [1.29, 1.82) is 0 Å². The quantitative estimate of drug-likeness (QED) is 0.693. The van der Waals surface area contributed by atoms with Gasteiger partial charge in [0.1, 0.15) is 5.52 Å². The van der Waals surface area contributed by atoms with Gasteiger partial charge in [-0.3, -0.25) is 4.79 Å². The second kappa shape index (κ2) is 9.55. The Morgan fingerprint density at radius 3 is 2.88 bits per heavy atom. The molecule has 1 aliphatic rings. The first kappa shape index (κ1) is 20.2. The third-order valence-corrected chi connectivity index (χ3v) is 4.98. The normalized spacial score (nSPS) is 13.3. The maximum Gasteiger partial charge on any atom is 0.228 e. The zero-order valence-corrected chi connectivity index (χ0v) is 17.0. The average molecular weight is 391 g/mol. The summed E-state index contributed by atoms with van der Waals surface area (Å²) < 4.78 is 6.24. The molecule has 2 aromatic rings. The van der Waals surface area contributed by atoms with Crippen molar-refractivity contribution in [3.8, 4) is 0 Å². The number of aromatic nitrogens is 1. The Morgan fingerprint density at radius 2 is 2.15 bits per heavy atom. The molecule has 138 valence electrons. The molecule has 1 heterocycles. The summed E-state index contributed by atoms with van der Waals surface area (Å²) in [5.41, 5.74) is 2.27. The lowest BCUT2D eigenvalue weighted by Gasteiger charge is -2.08.